The van der Waals surface area contributed by atoms with E-state index in [4.69, 9.17) is 5.73 Å². The van der Waals surface area contributed by atoms with Crippen LogP contribution in [0.5, 0.6) is 11.5 Å². The molecule has 0 aliphatic heterocycles. The molecule has 11 nitrogen and oxygen atoms in total. The Morgan fingerprint density at radius 1 is 0.762 bits per heavy atom. The highest BCUT2D eigenvalue weighted by Crippen LogP contribution is 2.19. The van der Waals surface area contributed by atoms with Crippen LogP contribution in [0.1, 0.15) is 16.7 Å². The maximum Gasteiger partial charge on any atom is 0.243 e. The summed E-state index contributed by atoms with van der Waals surface area (Å²) >= 11 is 0. The molecular weight excluding hydrogens is 538 g/mol. The van der Waals surface area contributed by atoms with Crippen molar-refractivity contribution < 1.29 is 29.4 Å². The first-order chi connectivity index (χ1) is 20.2. The van der Waals surface area contributed by atoms with Crippen molar-refractivity contribution in [3.05, 3.63) is 95.7 Å². The number of carbonyl (C=O) groups is 4. The summed E-state index contributed by atoms with van der Waals surface area (Å²) in [6.45, 7) is -0.342. The van der Waals surface area contributed by atoms with Gasteiger partial charge in [-0.1, -0.05) is 42.5 Å². The fourth-order valence-electron chi connectivity index (χ4n) is 4.63. The largest absolute Gasteiger partial charge is 0.508 e. The lowest BCUT2D eigenvalue weighted by molar-refractivity contribution is -0.132. The number of phenolic OH excluding ortho intramolecular Hbond substituents is 2. The van der Waals surface area contributed by atoms with Gasteiger partial charge >= 0.3 is 0 Å². The number of hydrogen-bond donors (Lipinski definition) is 7. The number of nitrogens with two attached hydrogens (primary N) is 1. The molecule has 3 amide bonds. The van der Waals surface area contributed by atoms with Gasteiger partial charge in [0.25, 0.3) is 0 Å². The molecular formula is C31H33N5O6. The van der Waals surface area contributed by atoms with Gasteiger partial charge in [0.2, 0.25) is 17.7 Å². The molecule has 0 aliphatic carbocycles. The second-order valence-electron chi connectivity index (χ2n) is 9.94. The van der Waals surface area contributed by atoms with Gasteiger partial charge in [-0.05, 0) is 47.0 Å². The van der Waals surface area contributed by atoms with Crippen LogP contribution in [0.15, 0.2) is 79.0 Å². The average Bonchev–Trinajstić information content (AvgIpc) is 3.40. The zero-order valence-electron chi connectivity index (χ0n) is 22.7. The number of fused-ring (bicyclic) bond motifs is 1. The normalized spacial score (nSPS) is 13.1. The van der Waals surface area contributed by atoms with E-state index in [0.29, 0.717) is 17.4 Å². The first-order valence-corrected chi connectivity index (χ1v) is 13.4. The summed E-state index contributed by atoms with van der Waals surface area (Å²) in [5, 5.41) is 28.2. The molecule has 1 aromatic heterocycles. The van der Waals surface area contributed by atoms with Gasteiger partial charge in [-0.2, -0.15) is 0 Å². The molecule has 0 saturated heterocycles. The van der Waals surface area contributed by atoms with Crippen molar-refractivity contribution in [1.29, 1.82) is 0 Å². The Kier molecular flexibility index (Phi) is 9.90. The predicted octanol–water partition coefficient (Wildman–Crippen LogP) is 1.22. The van der Waals surface area contributed by atoms with Crippen LogP contribution in [0.25, 0.3) is 10.9 Å². The summed E-state index contributed by atoms with van der Waals surface area (Å²) < 4.78 is 0. The van der Waals surface area contributed by atoms with Crippen molar-refractivity contribution in [2.45, 2.75) is 37.4 Å². The molecule has 4 rings (SSSR count). The van der Waals surface area contributed by atoms with Gasteiger partial charge in [0.1, 0.15) is 29.9 Å². The van der Waals surface area contributed by atoms with Gasteiger partial charge in [0, 0.05) is 36.4 Å². The highest BCUT2D eigenvalue weighted by molar-refractivity contribution is 5.93. The molecule has 8 N–H and O–H groups in total. The molecule has 0 aliphatic rings. The second kappa shape index (κ2) is 14.0. The Morgan fingerprint density at radius 3 is 1.88 bits per heavy atom. The second-order valence-corrected chi connectivity index (χ2v) is 9.94. The topological polar surface area (TPSA) is 187 Å². The predicted molar refractivity (Wildman–Crippen MR) is 157 cm³/mol. The molecule has 1 heterocycles. The minimum Gasteiger partial charge on any atom is -0.508 e. The lowest BCUT2D eigenvalue weighted by Crippen LogP contribution is -2.57. The number of aromatic amines is 1. The van der Waals surface area contributed by atoms with Crippen LogP contribution < -0.4 is 21.7 Å². The van der Waals surface area contributed by atoms with Crippen molar-refractivity contribution in [2.75, 3.05) is 6.54 Å². The van der Waals surface area contributed by atoms with Gasteiger partial charge < -0.3 is 41.7 Å². The summed E-state index contributed by atoms with van der Waals surface area (Å²) in [4.78, 5) is 54.3. The number of aromatic hydroxyl groups is 2. The number of carbonyl (C=O) groups excluding carboxylic acids is 4. The Labute approximate surface area is 242 Å². The first kappa shape index (κ1) is 29.8. The summed E-state index contributed by atoms with van der Waals surface area (Å²) in [5.41, 5.74) is 8.52. The van der Waals surface area contributed by atoms with Crippen LogP contribution in [0.4, 0.5) is 0 Å². The zero-order valence-corrected chi connectivity index (χ0v) is 22.7. The van der Waals surface area contributed by atoms with Crippen molar-refractivity contribution in [3.63, 3.8) is 0 Å². The minimum atomic E-state index is -1.12. The Bertz CT molecular complexity index is 1530. The van der Waals surface area contributed by atoms with E-state index in [9.17, 15) is 29.4 Å². The van der Waals surface area contributed by atoms with Crippen molar-refractivity contribution >= 4 is 34.9 Å². The molecule has 218 valence electrons. The van der Waals surface area contributed by atoms with Crippen LogP contribution in [0.3, 0.4) is 0 Å². The summed E-state index contributed by atoms with van der Waals surface area (Å²) in [6, 6.07) is 16.9. The number of hydrogen-bond acceptors (Lipinski definition) is 7. The van der Waals surface area contributed by atoms with Crippen molar-refractivity contribution in [2.24, 2.45) is 5.73 Å². The molecule has 0 saturated carbocycles. The van der Waals surface area contributed by atoms with Crippen LogP contribution in [-0.4, -0.2) is 63.9 Å². The van der Waals surface area contributed by atoms with Gasteiger partial charge in [-0.25, -0.2) is 0 Å². The maximum absolute atomic E-state index is 13.5. The number of aldehydes is 1. The average molecular weight is 572 g/mol. The van der Waals surface area contributed by atoms with Crippen molar-refractivity contribution in [3.8, 4) is 11.5 Å². The quantitative estimate of drug-likeness (QED) is 0.118. The first-order valence-electron chi connectivity index (χ1n) is 13.4. The SMILES string of the molecule is NCC(=O)N[C@@H](Cc1ccc(O)cc1)C(=O)N[C@@H](Cc1ccc(O)cc1)C(=O)N[C@H](C=O)Cc1c[nH]c2ccccc12. The fourth-order valence-corrected chi connectivity index (χ4v) is 4.63. The highest BCUT2D eigenvalue weighted by atomic mass is 16.3. The summed E-state index contributed by atoms with van der Waals surface area (Å²) in [6.07, 6.45) is 2.79. The molecule has 3 atom stereocenters. The molecule has 42 heavy (non-hydrogen) atoms. The summed E-state index contributed by atoms with van der Waals surface area (Å²) in [5.74, 6) is -1.70. The zero-order chi connectivity index (χ0) is 30.1. The van der Waals surface area contributed by atoms with E-state index in [1.54, 1.807) is 30.5 Å². The van der Waals surface area contributed by atoms with E-state index in [1.165, 1.54) is 24.3 Å². The van der Waals surface area contributed by atoms with Crippen LogP contribution in [0, 0.1) is 0 Å². The Hall–Kier alpha value is -5.16. The highest BCUT2D eigenvalue weighted by Gasteiger charge is 2.28. The Morgan fingerprint density at radius 2 is 1.31 bits per heavy atom. The van der Waals surface area contributed by atoms with Gasteiger partial charge in [-0.3, -0.25) is 14.4 Å². The van der Waals surface area contributed by atoms with E-state index >= 15 is 0 Å². The molecule has 0 fully saturated rings. The number of rotatable bonds is 13. The lowest BCUT2D eigenvalue weighted by atomic mass is 10.0. The minimum absolute atomic E-state index is 0.0435. The smallest absolute Gasteiger partial charge is 0.243 e. The van der Waals surface area contributed by atoms with E-state index in [0.717, 1.165) is 16.5 Å². The monoisotopic (exact) mass is 571 g/mol. The van der Waals surface area contributed by atoms with E-state index in [2.05, 4.69) is 20.9 Å². The number of nitrogens with one attached hydrogen (secondary N) is 4. The molecule has 0 spiro atoms. The molecule has 4 aromatic rings. The van der Waals surface area contributed by atoms with Gasteiger partial charge in [0.15, 0.2) is 0 Å². The van der Waals surface area contributed by atoms with E-state index < -0.39 is 35.8 Å². The van der Waals surface area contributed by atoms with Crippen LogP contribution in [-0.2, 0) is 38.4 Å². The van der Waals surface area contributed by atoms with Crippen LogP contribution >= 0.6 is 0 Å². The maximum atomic E-state index is 13.5. The lowest BCUT2D eigenvalue weighted by Gasteiger charge is -2.24. The third-order valence-corrected chi connectivity index (χ3v) is 6.83. The van der Waals surface area contributed by atoms with Gasteiger partial charge in [0.05, 0.1) is 12.6 Å². The van der Waals surface area contributed by atoms with Gasteiger partial charge in [-0.15, -0.1) is 0 Å². The third-order valence-electron chi connectivity index (χ3n) is 6.83. The number of phenols is 2. The number of H-pyrrole nitrogens is 1. The number of amides is 3. The molecule has 0 bridgehead atoms. The van der Waals surface area contributed by atoms with E-state index in [1.807, 2.05) is 24.3 Å². The van der Waals surface area contributed by atoms with Crippen LogP contribution in [0.2, 0.25) is 0 Å². The van der Waals surface area contributed by atoms with E-state index in [-0.39, 0.29) is 37.3 Å². The standard InChI is InChI=1S/C31H33N5O6/c32-16-29(40)35-27(13-19-5-9-23(38)10-6-19)31(42)36-28(14-20-7-11-24(39)12-8-20)30(41)34-22(18-37)15-21-17-33-26-4-2-1-3-25(21)26/h1-12,17-18,22,27-28,33,38-39H,13-16,32H2,(H,34,41)(H,35,40)(H,36,42)/t22-,27-,28-/m0/s1. The molecule has 3 aromatic carbocycles. The third kappa shape index (κ3) is 7.95. The van der Waals surface area contributed by atoms with Crippen molar-refractivity contribution in [1.82, 2.24) is 20.9 Å². The Balaban J connectivity index is 1.54. The molecule has 11 heteroatoms. The molecule has 0 unspecified atom stereocenters. The number of aromatic nitrogens is 1. The molecule has 0 radical (unpaired) electrons. The number of benzene rings is 3. The summed E-state index contributed by atoms with van der Waals surface area (Å²) in [7, 11) is 0. The number of para-hydroxylation sites is 1. The fraction of sp³-hybridized carbons (Fsp3) is 0.226.